The maximum Gasteiger partial charge on any atom is 0.248 e. The van der Waals surface area contributed by atoms with Crippen LogP contribution in [0.1, 0.15) is 13.8 Å². The molecular formula is C11H15N3O2. The van der Waals surface area contributed by atoms with E-state index in [9.17, 15) is 4.79 Å². The Bertz CT molecular complexity index is 377. The normalized spacial score (nSPS) is 9.94. The standard InChI is InChI=1S/C11H15N3O2/c1-4-10(15)14-9-5-11(13-7-12-9)16-6-8(2)3/h4-5,7-8H,1,6H2,2-3H3,(H,12,13,14,15). The highest BCUT2D eigenvalue weighted by Crippen LogP contribution is 2.11. The first-order valence-corrected chi connectivity index (χ1v) is 5.00. The van der Waals surface area contributed by atoms with Gasteiger partial charge in [0.2, 0.25) is 11.8 Å². The van der Waals surface area contributed by atoms with Gasteiger partial charge < -0.3 is 10.1 Å². The second kappa shape index (κ2) is 5.85. The summed E-state index contributed by atoms with van der Waals surface area (Å²) in [5.41, 5.74) is 0. The Morgan fingerprint density at radius 2 is 2.38 bits per heavy atom. The number of ether oxygens (including phenoxy) is 1. The van der Waals surface area contributed by atoms with Crippen molar-refractivity contribution in [2.75, 3.05) is 11.9 Å². The SMILES string of the molecule is C=CC(=O)Nc1cc(OCC(C)C)ncn1. The lowest BCUT2D eigenvalue weighted by molar-refractivity contribution is -0.111. The molecule has 16 heavy (non-hydrogen) atoms. The van der Waals surface area contributed by atoms with Crippen LogP contribution in [0.5, 0.6) is 5.88 Å². The van der Waals surface area contributed by atoms with Gasteiger partial charge in [-0.1, -0.05) is 20.4 Å². The second-order valence-corrected chi connectivity index (χ2v) is 3.64. The number of aromatic nitrogens is 2. The smallest absolute Gasteiger partial charge is 0.248 e. The van der Waals surface area contributed by atoms with Crippen molar-refractivity contribution in [2.24, 2.45) is 5.92 Å². The molecule has 0 saturated heterocycles. The molecule has 0 bridgehead atoms. The van der Waals surface area contributed by atoms with E-state index in [1.54, 1.807) is 6.07 Å². The Balaban J connectivity index is 2.63. The molecule has 1 aromatic rings. The van der Waals surface area contributed by atoms with E-state index in [-0.39, 0.29) is 5.91 Å². The minimum atomic E-state index is -0.312. The molecule has 1 heterocycles. The molecule has 5 nitrogen and oxygen atoms in total. The summed E-state index contributed by atoms with van der Waals surface area (Å²) in [4.78, 5) is 18.8. The molecule has 86 valence electrons. The van der Waals surface area contributed by atoms with Crippen molar-refractivity contribution in [1.82, 2.24) is 9.97 Å². The Morgan fingerprint density at radius 3 is 3.00 bits per heavy atom. The van der Waals surface area contributed by atoms with Crippen molar-refractivity contribution in [2.45, 2.75) is 13.8 Å². The highest BCUT2D eigenvalue weighted by Gasteiger charge is 2.03. The third-order valence-corrected chi connectivity index (χ3v) is 1.64. The van der Waals surface area contributed by atoms with Crippen molar-refractivity contribution in [3.63, 3.8) is 0 Å². The van der Waals surface area contributed by atoms with Gasteiger partial charge in [0.25, 0.3) is 0 Å². The van der Waals surface area contributed by atoms with Gasteiger partial charge in [0.05, 0.1) is 6.61 Å². The summed E-state index contributed by atoms with van der Waals surface area (Å²) in [6.07, 6.45) is 2.52. The van der Waals surface area contributed by atoms with Crippen LogP contribution in [-0.4, -0.2) is 22.5 Å². The third kappa shape index (κ3) is 4.08. The first-order valence-electron chi connectivity index (χ1n) is 5.00. The zero-order valence-electron chi connectivity index (χ0n) is 9.43. The number of anilines is 1. The van der Waals surface area contributed by atoms with Crippen molar-refractivity contribution in [3.05, 3.63) is 25.0 Å². The minimum absolute atomic E-state index is 0.312. The molecule has 0 fully saturated rings. The lowest BCUT2D eigenvalue weighted by atomic mass is 10.2. The van der Waals surface area contributed by atoms with Gasteiger partial charge in [-0.25, -0.2) is 9.97 Å². The molecule has 0 aliphatic carbocycles. The van der Waals surface area contributed by atoms with E-state index in [0.29, 0.717) is 24.2 Å². The monoisotopic (exact) mass is 221 g/mol. The molecule has 0 aromatic carbocycles. The van der Waals surface area contributed by atoms with Gasteiger partial charge >= 0.3 is 0 Å². The van der Waals surface area contributed by atoms with E-state index in [0.717, 1.165) is 0 Å². The van der Waals surface area contributed by atoms with E-state index < -0.39 is 0 Å². The molecule has 5 heteroatoms. The Morgan fingerprint density at radius 1 is 1.62 bits per heavy atom. The van der Waals surface area contributed by atoms with Gasteiger partial charge in [-0.3, -0.25) is 4.79 Å². The first-order chi connectivity index (χ1) is 7.61. The number of nitrogens with one attached hydrogen (secondary N) is 1. The van der Waals surface area contributed by atoms with Crippen LogP contribution in [0.2, 0.25) is 0 Å². The maximum absolute atomic E-state index is 11.0. The molecule has 0 aliphatic heterocycles. The Hall–Kier alpha value is -1.91. The lowest BCUT2D eigenvalue weighted by Gasteiger charge is -2.08. The molecule has 0 spiro atoms. The van der Waals surface area contributed by atoms with Gasteiger partial charge in [-0.15, -0.1) is 0 Å². The number of carbonyl (C=O) groups is 1. The van der Waals surface area contributed by atoms with Crippen LogP contribution in [0.4, 0.5) is 5.82 Å². The molecule has 1 amide bonds. The average Bonchev–Trinajstić information content (AvgIpc) is 2.26. The van der Waals surface area contributed by atoms with Crippen LogP contribution in [0.25, 0.3) is 0 Å². The molecule has 0 unspecified atom stereocenters. The van der Waals surface area contributed by atoms with Crippen LogP contribution in [-0.2, 0) is 4.79 Å². The molecule has 0 radical (unpaired) electrons. The zero-order chi connectivity index (χ0) is 12.0. The van der Waals surface area contributed by atoms with Crippen molar-refractivity contribution < 1.29 is 9.53 Å². The van der Waals surface area contributed by atoms with E-state index in [1.165, 1.54) is 12.4 Å². The third-order valence-electron chi connectivity index (χ3n) is 1.64. The van der Waals surface area contributed by atoms with Crippen LogP contribution in [0.15, 0.2) is 25.0 Å². The largest absolute Gasteiger partial charge is 0.477 e. The summed E-state index contributed by atoms with van der Waals surface area (Å²) < 4.78 is 5.40. The van der Waals surface area contributed by atoms with Crippen LogP contribution < -0.4 is 10.1 Å². The van der Waals surface area contributed by atoms with Gasteiger partial charge in [0.1, 0.15) is 12.1 Å². The summed E-state index contributed by atoms with van der Waals surface area (Å²) >= 11 is 0. The van der Waals surface area contributed by atoms with Gasteiger partial charge in [0.15, 0.2) is 0 Å². The van der Waals surface area contributed by atoms with Crippen LogP contribution in [0.3, 0.4) is 0 Å². The van der Waals surface area contributed by atoms with Crippen LogP contribution in [0, 0.1) is 5.92 Å². The molecular weight excluding hydrogens is 206 g/mol. The predicted molar refractivity (Wildman–Crippen MR) is 61.2 cm³/mol. The maximum atomic E-state index is 11.0. The molecule has 1 N–H and O–H groups in total. The van der Waals surface area contributed by atoms with E-state index in [4.69, 9.17) is 4.74 Å². The number of carbonyl (C=O) groups excluding carboxylic acids is 1. The van der Waals surface area contributed by atoms with E-state index in [1.807, 2.05) is 13.8 Å². The Kier molecular flexibility index (Phi) is 4.44. The van der Waals surface area contributed by atoms with Crippen LogP contribution >= 0.6 is 0 Å². The van der Waals surface area contributed by atoms with Gasteiger partial charge in [-0.05, 0) is 12.0 Å². The molecule has 0 aliphatic rings. The first kappa shape index (κ1) is 12.2. The summed E-state index contributed by atoms with van der Waals surface area (Å²) in [5.74, 6) is 0.955. The van der Waals surface area contributed by atoms with E-state index >= 15 is 0 Å². The summed E-state index contributed by atoms with van der Waals surface area (Å²) in [6, 6.07) is 1.57. The quantitative estimate of drug-likeness (QED) is 0.767. The van der Waals surface area contributed by atoms with Gasteiger partial charge in [-0.2, -0.15) is 0 Å². The highest BCUT2D eigenvalue weighted by atomic mass is 16.5. The number of amides is 1. The number of nitrogens with zero attached hydrogens (tertiary/aromatic N) is 2. The highest BCUT2D eigenvalue weighted by molar-refractivity contribution is 5.98. The van der Waals surface area contributed by atoms with Crippen molar-refractivity contribution in [3.8, 4) is 5.88 Å². The number of hydrogen-bond donors (Lipinski definition) is 1. The second-order valence-electron chi connectivity index (χ2n) is 3.64. The number of hydrogen-bond acceptors (Lipinski definition) is 4. The average molecular weight is 221 g/mol. The minimum Gasteiger partial charge on any atom is -0.477 e. The molecule has 0 saturated carbocycles. The molecule has 1 aromatic heterocycles. The summed E-state index contributed by atoms with van der Waals surface area (Å²) in [5, 5.41) is 2.53. The fourth-order valence-corrected chi connectivity index (χ4v) is 0.916. The fourth-order valence-electron chi connectivity index (χ4n) is 0.916. The number of rotatable bonds is 5. The van der Waals surface area contributed by atoms with E-state index in [2.05, 4.69) is 21.9 Å². The van der Waals surface area contributed by atoms with Crippen molar-refractivity contribution >= 4 is 11.7 Å². The Labute approximate surface area is 94.6 Å². The van der Waals surface area contributed by atoms with Crippen molar-refractivity contribution in [1.29, 1.82) is 0 Å². The predicted octanol–water partition coefficient (Wildman–Crippen LogP) is 1.64. The summed E-state index contributed by atoms with van der Waals surface area (Å²) in [6.45, 7) is 8.01. The molecule has 0 atom stereocenters. The zero-order valence-corrected chi connectivity index (χ0v) is 9.43. The lowest BCUT2D eigenvalue weighted by Crippen LogP contribution is -2.10. The molecule has 1 rings (SSSR count). The summed E-state index contributed by atoms with van der Waals surface area (Å²) in [7, 11) is 0. The van der Waals surface area contributed by atoms with Gasteiger partial charge in [0, 0.05) is 6.07 Å². The topological polar surface area (TPSA) is 64.1 Å². The fraction of sp³-hybridized carbons (Fsp3) is 0.364.